The first kappa shape index (κ1) is 16.1. The van der Waals surface area contributed by atoms with E-state index < -0.39 is 6.10 Å². The van der Waals surface area contributed by atoms with Crippen molar-refractivity contribution < 1.29 is 14.3 Å². The van der Waals surface area contributed by atoms with Gasteiger partial charge in [-0.05, 0) is 29.9 Å². The van der Waals surface area contributed by atoms with E-state index in [9.17, 15) is 4.79 Å². The van der Waals surface area contributed by atoms with Crippen LogP contribution in [0.4, 0.5) is 0 Å². The lowest BCUT2D eigenvalue weighted by Crippen LogP contribution is -2.53. The van der Waals surface area contributed by atoms with E-state index in [4.69, 9.17) is 21.7 Å². The number of rotatable bonds is 3. The molecule has 1 aliphatic heterocycles. The highest BCUT2D eigenvalue weighted by Crippen LogP contribution is 2.30. The summed E-state index contributed by atoms with van der Waals surface area (Å²) in [5.41, 5.74) is 6.27. The van der Waals surface area contributed by atoms with Crippen molar-refractivity contribution in [2.24, 2.45) is 0 Å². The molecule has 124 valence electrons. The van der Waals surface area contributed by atoms with E-state index in [0.717, 1.165) is 5.56 Å². The fourth-order valence-electron chi connectivity index (χ4n) is 2.17. The van der Waals surface area contributed by atoms with Crippen molar-refractivity contribution in [3.8, 4) is 11.5 Å². The first-order valence-electron chi connectivity index (χ1n) is 7.48. The third-order valence-electron chi connectivity index (χ3n) is 3.40. The number of carbonyl (C=O) groups is 1. The second-order valence-electron chi connectivity index (χ2n) is 5.15. The lowest BCUT2D eigenvalue weighted by atomic mass is 10.2. The van der Waals surface area contributed by atoms with Crippen LogP contribution in [0.25, 0.3) is 0 Å². The number of ether oxygens (including phenoxy) is 2. The maximum Gasteiger partial charge on any atom is 0.283 e. The van der Waals surface area contributed by atoms with Crippen molar-refractivity contribution in [3.63, 3.8) is 0 Å². The number of benzene rings is 2. The highest BCUT2D eigenvalue weighted by molar-refractivity contribution is 7.80. The number of amides is 1. The zero-order valence-corrected chi connectivity index (χ0v) is 13.6. The van der Waals surface area contributed by atoms with Crippen LogP contribution in [0.15, 0.2) is 54.6 Å². The number of fused-ring (bicyclic) bond motifs is 1. The first-order valence-corrected chi connectivity index (χ1v) is 7.89. The fourth-order valence-corrected chi connectivity index (χ4v) is 2.29. The van der Waals surface area contributed by atoms with E-state index in [1.165, 1.54) is 0 Å². The number of nitrogens with one attached hydrogen (secondary N) is 3. The molecular formula is C17H17N3O3S. The molecule has 0 saturated heterocycles. The summed E-state index contributed by atoms with van der Waals surface area (Å²) in [6.07, 6.45) is -0.732. The van der Waals surface area contributed by atoms with Gasteiger partial charge >= 0.3 is 0 Å². The molecule has 0 saturated carbocycles. The number of hydrazine groups is 1. The molecular weight excluding hydrogens is 326 g/mol. The smallest absolute Gasteiger partial charge is 0.283 e. The second kappa shape index (κ2) is 7.65. The van der Waals surface area contributed by atoms with Crippen LogP contribution in [0.5, 0.6) is 11.5 Å². The zero-order valence-electron chi connectivity index (χ0n) is 12.8. The third kappa shape index (κ3) is 4.14. The number of thiocarbonyl (C=S) groups is 1. The van der Waals surface area contributed by atoms with Gasteiger partial charge in [0, 0.05) is 6.54 Å². The van der Waals surface area contributed by atoms with Crippen molar-refractivity contribution >= 4 is 23.2 Å². The van der Waals surface area contributed by atoms with Crippen LogP contribution < -0.4 is 25.6 Å². The first-order chi connectivity index (χ1) is 11.7. The van der Waals surface area contributed by atoms with Gasteiger partial charge in [-0.2, -0.15) is 0 Å². The lowest BCUT2D eigenvalue weighted by Gasteiger charge is -2.25. The Labute approximate surface area is 145 Å². The number of para-hydroxylation sites is 2. The molecule has 0 radical (unpaired) electrons. The monoisotopic (exact) mass is 343 g/mol. The van der Waals surface area contributed by atoms with Gasteiger partial charge in [0.25, 0.3) is 5.91 Å². The molecule has 3 rings (SSSR count). The molecule has 1 atom stereocenters. The summed E-state index contributed by atoms with van der Waals surface area (Å²) < 4.78 is 11.1. The van der Waals surface area contributed by atoms with E-state index >= 15 is 0 Å². The molecule has 0 spiro atoms. The van der Waals surface area contributed by atoms with Crippen molar-refractivity contribution in [2.75, 3.05) is 6.61 Å². The number of hydrogen-bond acceptors (Lipinski definition) is 4. The SMILES string of the molecule is O=C(NNC(=S)NCc1ccccc1)[C@H]1COc2ccccc2O1. The minimum Gasteiger partial charge on any atom is -0.485 e. The van der Waals surface area contributed by atoms with E-state index in [1.807, 2.05) is 42.5 Å². The molecule has 0 aliphatic carbocycles. The number of hydrogen-bond donors (Lipinski definition) is 3. The number of carbonyl (C=O) groups excluding carboxylic acids is 1. The Morgan fingerprint density at radius 3 is 2.54 bits per heavy atom. The Morgan fingerprint density at radius 2 is 1.75 bits per heavy atom. The maximum atomic E-state index is 12.1. The summed E-state index contributed by atoms with van der Waals surface area (Å²) in [5.74, 6) is 0.830. The van der Waals surface area contributed by atoms with E-state index in [-0.39, 0.29) is 12.5 Å². The summed E-state index contributed by atoms with van der Waals surface area (Å²) in [6.45, 7) is 0.716. The van der Waals surface area contributed by atoms with Gasteiger partial charge in [-0.1, -0.05) is 42.5 Å². The summed E-state index contributed by atoms with van der Waals surface area (Å²) >= 11 is 5.13. The maximum absolute atomic E-state index is 12.1. The van der Waals surface area contributed by atoms with Gasteiger partial charge in [0.1, 0.15) is 6.61 Å². The van der Waals surface area contributed by atoms with Gasteiger partial charge in [0.2, 0.25) is 6.10 Å². The molecule has 7 heteroatoms. The predicted molar refractivity (Wildman–Crippen MR) is 93.5 cm³/mol. The van der Waals surface area contributed by atoms with Gasteiger partial charge in [-0.3, -0.25) is 15.6 Å². The topological polar surface area (TPSA) is 71.6 Å². The van der Waals surface area contributed by atoms with Crippen molar-refractivity contribution in [1.82, 2.24) is 16.2 Å². The molecule has 1 amide bonds. The molecule has 0 unspecified atom stereocenters. The molecule has 24 heavy (non-hydrogen) atoms. The highest BCUT2D eigenvalue weighted by Gasteiger charge is 2.27. The molecule has 0 fully saturated rings. The molecule has 6 nitrogen and oxygen atoms in total. The van der Waals surface area contributed by atoms with Gasteiger partial charge in [-0.15, -0.1) is 0 Å². The van der Waals surface area contributed by atoms with Crippen LogP contribution in [-0.2, 0) is 11.3 Å². The Kier molecular flexibility index (Phi) is 5.12. The van der Waals surface area contributed by atoms with Gasteiger partial charge < -0.3 is 14.8 Å². The van der Waals surface area contributed by atoms with Crippen LogP contribution in [0.3, 0.4) is 0 Å². The van der Waals surface area contributed by atoms with Crippen molar-refractivity contribution in [1.29, 1.82) is 0 Å². The zero-order chi connectivity index (χ0) is 16.8. The Bertz CT molecular complexity index is 724. The quantitative estimate of drug-likeness (QED) is 0.580. The predicted octanol–water partition coefficient (Wildman–Crippen LogP) is 1.52. The van der Waals surface area contributed by atoms with E-state index in [2.05, 4.69) is 16.2 Å². The molecule has 2 aromatic rings. The third-order valence-corrected chi connectivity index (χ3v) is 3.64. The van der Waals surface area contributed by atoms with Crippen LogP contribution >= 0.6 is 12.2 Å². The van der Waals surface area contributed by atoms with Gasteiger partial charge in [0.05, 0.1) is 0 Å². The summed E-state index contributed by atoms with van der Waals surface area (Å²) in [7, 11) is 0. The largest absolute Gasteiger partial charge is 0.485 e. The van der Waals surface area contributed by atoms with Crippen LogP contribution in [0, 0.1) is 0 Å². The molecule has 1 aliphatic rings. The van der Waals surface area contributed by atoms with E-state index in [0.29, 0.717) is 23.2 Å². The molecule has 3 N–H and O–H groups in total. The minimum atomic E-state index is -0.732. The minimum absolute atomic E-state index is 0.148. The Morgan fingerprint density at radius 1 is 1.04 bits per heavy atom. The average molecular weight is 343 g/mol. The Hall–Kier alpha value is -2.80. The summed E-state index contributed by atoms with van der Waals surface area (Å²) in [4.78, 5) is 12.1. The van der Waals surface area contributed by atoms with Crippen molar-refractivity contribution in [3.05, 3.63) is 60.2 Å². The van der Waals surface area contributed by atoms with Crippen LogP contribution in [0.2, 0.25) is 0 Å². The average Bonchev–Trinajstić information content (AvgIpc) is 2.65. The van der Waals surface area contributed by atoms with Gasteiger partial charge in [-0.25, -0.2) is 0 Å². The molecule has 0 bridgehead atoms. The molecule has 0 aromatic heterocycles. The standard InChI is InChI=1S/C17H17N3O3S/c21-16(15-11-22-13-8-4-5-9-14(13)23-15)19-20-17(24)18-10-12-6-2-1-3-7-12/h1-9,15H,10-11H2,(H,19,21)(H2,18,20,24)/t15-/m1/s1. The highest BCUT2D eigenvalue weighted by atomic mass is 32.1. The Balaban J connectivity index is 1.43. The van der Waals surface area contributed by atoms with Crippen LogP contribution in [-0.4, -0.2) is 23.7 Å². The summed E-state index contributed by atoms with van der Waals surface area (Å²) in [5, 5.41) is 3.33. The molecule has 2 aromatic carbocycles. The lowest BCUT2D eigenvalue weighted by molar-refractivity contribution is -0.130. The summed E-state index contributed by atoms with van der Waals surface area (Å²) in [6, 6.07) is 17.0. The second-order valence-corrected chi connectivity index (χ2v) is 5.56. The van der Waals surface area contributed by atoms with Crippen molar-refractivity contribution in [2.45, 2.75) is 12.6 Å². The van der Waals surface area contributed by atoms with E-state index in [1.54, 1.807) is 12.1 Å². The fraction of sp³-hybridized carbons (Fsp3) is 0.176. The molecule has 1 heterocycles. The normalized spacial score (nSPS) is 15.2. The van der Waals surface area contributed by atoms with Gasteiger partial charge in [0.15, 0.2) is 16.6 Å². The van der Waals surface area contributed by atoms with Crippen LogP contribution in [0.1, 0.15) is 5.56 Å².